The molecule has 4 aromatic rings. The number of benzene rings is 3. The summed E-state index contributed by atoms with van der Waals surface area (Å²) in [5.74, 6) is 4.80. The van der Waals surface area contributed by atoms with E-state index in [1.165, 1.54) is 42.0 Å². The number of fused-ring (bicyclic) bond motifs is 2. The van der Waals surface area contributed by atoms with E-state index in [4.69, 9.17) is 14.7 Å². The zero-order valence-corrected chi connectivity index (χ0v) is 22.7. The molecule has 1 heterocycles. The van der Waals surface area contributed by atoms with Crippen LogP contribution in [0.25, 0.3) is 21.7 Å². The van der Waals surface area contributed by atoms with Gasteiger partial charge in [-0.15, -0.1) is 0 Å². The molecule has 5 rings (SSSR count). The number of hydrogen-bond donors (Lipinski definition) is 1. The average Bonchev–Trinajstić information content (AvgIpc) is 2.93. The lowest BCUT2D eigenvalue weighted by atomic mass is 9.74. The molecule has 1 aromatic heterocycles. The molecule has 37 heavy (non-hydrogen) atoms. The first kappa shape index (κ1) is 25.5. The van der Waals surface area contributed by atoms with Crippen molar-refractivity contribution in [2.45, 2.75) is 51.5 Å². The Morgan fingerprint density at radius 1 is 0.946 bits per heavy atom. The molecule has 1 saturated carbocycles. The van der Waals surface area contributed by atoms with Crippen molar-refractivity contribution >= 4 is 27.5 Å². The molecule has 5 nitrogen and oxygen atoms in total. The summed E-state index contributed by atoms with van der Waals surface area (Å²) < 4.78 is 5.35. The minimum Gasteiger partial charge on any atom is -0.497 e. The first-order valence-corrected chi connectivity index (χ1v) is 13.8. The fourth-order valence-corrected chi connectivity index (χ4v) is 6.04. The number of nitrogens with one attached hydrogen (secondary N) is 1. The van der Waals surface area contributed by atoms with E-state index < -0.39 is 0 Å². The lowest BCUT2D eigenvalue weighted by Gasteiger charge is -2.33. The highest BCUT2D eigenvalue weighted by Gasteiger charge is 2.30. The Kier molecular flexibility index (Phi) is 7.90. The minimum absolute atomic E-state index is 0.424. The number of para-hydroxylation sites is 1. The predicted molar refractivity (Wildman–Crippen MR) is 155 cm³/mol. The maximum absolute atomic E-state index is 5.35. The molecule has 1 atom stereocenters. The van der Waals surface area contributed by atoms with Crippen molar-refractivity contribution in [3.8, 4) is 5.75 Å². The number of aromatic nitrogens is 2. The van der Waals surface area contributed by atoms with Crippen LogP contribution in [0.1, 0.15) is 56.3 Å². The van der Waals surface area contributed by atoms with Crippen molar-refractivity contribution in [2.24, 2.45) is 11.8 Å². The van der Waals surface area contributed by atoms with Gasteiger partial charge in [-0.2, -0.15) is 0 Å². The highest BCUT2D eigenvalue weighted by molar-refractivity contribution is 5.89. The van der Waals surface area contributed by atoms with Gasteiger partial charge in [0.25, 0.3) is 0 Å². The van der Waals surface area contributed by atoms with E-state index >= 15 is 0 Å². The minimum atomic E-state index is 0.424. The molecule has 1 aliphatic rings. The smallest absolute Gasteiger partial charge is 0.139 e. The van der Waals surface area contributed by atoms with Crippen molar-refractivity contribution in [3.63, 3.8) is 0 Å². The standard InChI is InChI=1S/C32H40N4O/c1-5-28(31-34-30-9-7-6-8-29(30)32(35-31)36(2)3)24-13-10-22(11-14-24)20-33-21-23-12-15-26-19-27(37-4)17-16-25(26)18-23/h6-9,12,15-19,22,24,28,33H,5,10-11,13-14,20-21H2,1-4H3. The first-order valence-electron chi connectivity index (χ1n) is 13.8. The normalized spacial score (nSPS) is 18.7. The maximum atomic E-state index is 5.35. The third-order valence-corrected chi connectivity index (χ3v) is 8.13. The molecule has 0 bridgehead atoms. The van der Waals surface area contributed by atoms with Crippen LogP contribution in [-0.2, 0) is 6.54 Å². The zero-order valence-electron chi connectivity index (χ0n) is 22.7. The van der Waals surface area contributed by atoms with Crippen molar-refractivity contribution in [3.05, 3.63) is 72.1 Å². The summed E-state index contributed by atoms with van der Waals surface area (Å²) >= 11 is 0. The van der Waals surface area contributed by atoms with Gasteiger partial charge in [-0.1, -0.05) is 37.3 Å². The van der Waals surface area contributed by atoms with E-state index in [1.807, 2.05) is 6.07 Å². The second-order valence-electron chi connectivity index (χ2n) is 10.8. The molecule has 5 heteroatoms. The van der Waals surface area contributed by atoms with Crippen molar-refractivity contribution < 1.29 is 4.74 Å². The number of hydrogen-bond acceptors (Lipinski definition) is 5. The molecule has 0 amide bonds. The molecule has 0 radical (unpaired) electrons. The van der Waals surface area contributed by atoms with Gasteiger partial charge < -0.3 is 15.0 Å². The van der Waals surface area contributed by atoms with Gasteiger partial charge in [-0.25, -0.2) is 9.97 Å². The molecule has 1 fully saturated rings. The lowest BCUT2D eigenvalue weighted by Crippen LogP contribution is -2.28. The fraction of sp³-hybridized carbons (Fsp3) is 0.438. The molecule has 1 unspecified atom stereocenters. The van der Waals surface area contributed by atoms with Crippen LogP contribution >= 0.6 is 0 Å². The Bertz CT molecular complexity index is 1340. The summed E-state index contributed by atoms with van der Waals surface area (Å²) in [6.07, 6.45) is 6.17. The van der Waals surface area contributed by atoms with Gasteiger partial charge in [-0.3, -0.25) is 0 Å². The summed E-state index contributed by atoms with van der Waals surface area (Å²) in [5.41, 5.74) is 2.39. The monoisotopic (exact) mass is 496 g/mol. The number of rotatable bonds is 9. The number of methoxy groups -OCH3 is 1. The Morgan fingerprint density at radius 2 is 1.70 bits per heavy atom. The Morgan fingerprint density at radius 3 is 2.46 bits per heavy atom. The van der Waals surface area contributed by atoms with Crippen LogP contribution in [0.5, 0.6) is 5.75 Å². The Hall–Kier alpha value is -3.18. The second-order valence-corrected chi connectivity index (χ2v) is 10.8. The van der Waals surface area contributed by atoms with E-state index in [1.54, 1.807) is 7.11 Å². The summed E-state index contributed by atoms with van der Waals surface area (Å²) in [6, 6.07) is 21.4. The number of nitrogens with zero attached hydrogens (tertiary/aromatic N) is 3. The van der Waals surface area contributed by atoms with E-state index in [9.17, 15) is 0 Å². The van der Waals surface area contributed by atoms with Gasteiger partial charge in [-0.05, 0) is 97.2 Å². The van der Waals surface area contributed by atoms with Gasteiger partial charge in [0.05, 0.1) is 12.6 Å². The van der Waals surface area contributed by atoms with Gasteiger partial charge in [0.15, 0.2) is 0 Å². The molecular weight excluding hydrogens is 456 g/mol. The zero-order chi connectivity index (χ0) is 25.8. The topological polar surface area (TPSA) is 50.3 Å². The summed E-state index contributed by atoms with van der Waals surface area (Å²) in [5, 5.41) is 7.35. The Labute approximate surface area is 221 Å². The molecule has 1 aliphatic carbocycles. The van der Waals surface area contributed by atoms with Crippen LogP contribution in [0.4, 0.5) is 5.82 Å². The molecule has 194 valence electrons. The largest absolute Gasteiger partial charge is 0.497 e. The van der Waals surface area contributed by atoms with Crippen molar-refractivity contribution in [1.29, 1.82) is 0 Å². The Balaban J connectivity index is 1.17. The van der Waals surface area contributed by atoms with Gasteiger partial charge in [0, 0.05) is 31.9 Å². The molecule has 0 aliphatic heterocycles. The summed E-state index contributed by atoms with van der Waals surface area (Å²) in [7, 11) is 5.87. The molecule has 3 aromatic carbocycles. The first-order chi connectivity index (χ1) is 18.1. The fourth-order valence-electron chi connectivity index (χ4n) is 6.04. The predicted octanol–water partition coefficient (Wildman–Crippen LogP) is 6.95. The van der Waals surface area contributed by atoms with Crippen LogP contribution in [0, 0.1) is 11.8 Å². The van der Waals surface area contributed by atoms with E-state index in [0.717, 1.165) is 53.7 Å². The van der Waals surface area contributed by atoms with Crippen LogP contribution in [0.3, 0.4) is 0 Å². The van der Waals surface area contributed by atoms with Crippen molar-refractivity contribution in [1.82, 2.24) is 15.3 Å². The third kappa shape index (κ3) is 5.72. The highest BCUT2D eigenvalue weighted by atomic mass is 16.5. The maximum Gasteiger partial charge on any atom is 0.139 e. The molecule has 0 saturated heterocycles. The quantitative estimate of drug-likeness (QED) is 0.272. The molecule has 0 spiro atoms. The highest BCUT2D eigenvalue weighted by Crippen LogP contribution is 2.40. The van der Waals surface area contributed by atoms with Crippen LogP contribution < -0.4 is 15.0 Å². The molecule has 1 N–H and O–H groups in total. The van der Waals surface area contributed by atoms with Gasteiger partial charge >= 0.3 is 0 Å². The average molecular weight is 497 g/mol. The van der Waals surface area contributed by atoms with Gasteiger partial charge in [0.1, 0.15) is 17.4 Å². The number of anilines is 1. The van der Waals surface area contributed by atoms with E-state index in [0.29, 0.717) is 11.8 Å². The SMILES string of the molecule is CCC(c1nc(N(C)C)c2ccccc2n1)C1CCC(CNCc2ccc3cc(OC)ccc3c2)CC1. The summed E-state index contributed by atoms with van der Waals surface area (Å²) in [4.78, 5) is 12.2. The van der Waals surface area contributed by atoms with E-state index in [2.05, 4.69) is 85.8 Å². The number of ether oxygens (including phenoxy) is 1. The van der Waals surface area contributed by atoms with E-state index in [-0.39, 0.29) is 0 Å². The van der Waals surface area contributed by atoms with Crippen LogP contribution in [0.15, 0.2) is 60.7 Å². The summed E-state index contributed by atoms with van der Waals surface area (Å²) in [6.45, 7) is 4.30. The third-order valence-electron chi connectivity index (χ3n) is 8.13. The van der Waals surface area contributed by atoms with Crippen LogP contribution in [-0.4, -0.2) is 37.7 Å². The second kappa shape index (κ2) is 11.5. The lowest BCUT2D eigenvalue weighted by molar-refractivity contribution is 0.230. The van der Waals surface area contributed by atoms with Crippen molar-refractivity contribution in [2.75, 3.05) is 32.6 Å². The molecular formula is C32H40N4O. The van der Waals surface area contributed by atoms with Gasteiger partial charge in [0.2, 0.25) is 0 Å². The van der Waals surface area contributed by atoms with Crippen LogP contribution in [0.2, 0.25) is 0 Å².